The Morgan fingerprint density at radius 2 is 1.94 bits per heavy atom. The minimum absolute atomic E-state index is 0.977. The quantitative estimate of drug-likeness (QED) is 0.768. The van der Waals surface area contributed by atoms with Crippen molar-refractivity contribution < 1.29 is 0 Å². The largest absolute Gasteiger partial charge is 0.299 e. The van der Waals surface area contributed by atoms with Gasteiger partial charge in [-0.2, -0.15) is 0 Å². The Bertz CT molecular complexity index is 347. The first-order valence-electron chi connectivity index (χ1n) is 7.24. The topological polar surface area (TPSA) is 3.24 Å². The summed E-state index contributed by atoms with van der Waals surface area (Å²) in [5, 5.41) is 0. The molecule has 1 heterocycles. The number of rotatable bonds is 4. The zero-order valence-corrected chi connectivity index (χ0v) is 13.0. The zero-order chi connectivity index (χ0) is 12.8. The standard InChI is InChI=1S/C16H24BrN/c1-2-4-14-5-3-11-18(12-10-14)13-15-6-8-16(17)9-7-15/h6-9,14H,2-5,10-13H2,1H3. The van der Waals surface area contributed by atoms with Crippen LogP contribution in [0.15, 0.2) is 28.7 Å². The fraction of sp³-hybridized carbons (Fsp3) is 0.625. The lowest BCUT2D eigenvalue weighted by Gasteiger charge is -2.20. The van der Waals surface area contributed by atoms with Crippen LogP contribution in [0.1, 0.15) is 44.6 Å². The van der Waals surface area contributed by atoms with E-state index in [1.807, 2.05) is 0 Å². The van der Waals surface area contributed by atoms with Crippen LogP contribution >= 0.6 is 15.9 Å². The summed E-state index contributed by atoms with van der Waals surface area (Å²) < 4.78 is 1.17. The number of hydrogen-bond acceptors (Lipinski definition) is 1. The Morgan fingerprint density at radius 3 is 2.67 bits per heavy atom. The van der Waals surface area contributed by atoms with Crippen molar-refractivity contribution in [1.29, 1.82) is 0 Å². The van der Waals surface area contributed by atoms with Crippen molar-refractivity contribution in [3.05, 3.63) is 34.3 Å². The summed E-state index contributed by atoms with van der Waals surface area (Å²) in [6.07, 6.45) is 6.97. The molecule has 18 heavy (non-hydrogen) atoms. The van der Waals surface area contributed by atoms with Crippen LogP contribution in [0.3, 0.4) is 0 Å². The van der Waals surface area contributed by atoms with Gasteiger partial charge < -0.3 is 0 Å². The SMILES string of the molecule is CCCC1CCCN(Cc2ccc(Br)cc2)CC1. The number of benzene rings is 1. The van der Waals surface area contributed by atoms with Gasteiger partial charge in [0.05, 0.1) is 0 Å². The third kappa shape index (κ3) is 4.40. The average Bonchev–Trinajstić information content (AvgIpc) is 2.59. The zero-order valence-electron chi connectivity index (χ0n) is 11.4. The Labute approximate surface area is 120 Å². The predicted molar refractivity (Wildman–Crippen MR) is 81.7 cm³/mol. The van der Waals surface area contributed by atoms with Gasteiger partial charge in [-0.1, -0.05) is 47.8 Å². The van der Waals surface area contributed by atoms with Crippen LogP contribution in [0.4, 0.5) is 0 Å². The van der Waals surface area contributed by atoms with E-state index in [1.54, 1.807) is 0 Å². The summed E-state index contributed by atoms with van der Waals surface area (Å²) in [5.41, 5.74) is 1.44. The highest BCUT2D eigenvalue weighted by Gasteiger charge is 2.16. The Kier molecular flexibility index (Phi) is 5.71. The molecule has 0 spiro atoms. The van der Waals surface area contributed by atoms with Crippen molar-refractivity contribution >= 4 is 15.9 Å². The minimum Gasteiger partial charge on any atom is -0.299 e. The Hall–Kier alpha value is -0.340. The maximum Gasteiger partial charge on any atom is 0.0233 e. The maximum atomic E-state index is 3.49. The molecule has 0 saturated carbocycles. The third-order valence-electron chi connectivity index (χ3n) is 3.96. The van der Waals surface area contributed by atoms with E-state index in [0.29, 0.717) is 0 Å². The Morgan fingerprint density at radius 1 is 1.17 bits per heavy atom. The molecule has 1 aromatic carbocycles. The van der Waals surface area contributed by atoms with Gasteiger partial charge in [0.2, 0.25) is 0 Å². The summed E-state index contributed by atoms with van der Waals surface area (Å²) in [6, 6.07) is 8.76. The molecular weight excluding hydrogens is 286 g/mol. The van der Waals surface area contributed by atoms with Gasteiger partial charge in [0, 0.05) is 11.0 Å². The smallest absolute Gasteiger partial charge is 0.0233 e. The summed E-state index contributed by atoms with van der Waals surface area (Å²) in [6.45, 7) is 5.98. The molecule has 1 aliphatic rings. The maximum absolute atomic E-state index is 3.49. The molecule has 0 amide bonds. The lowest BCUT2D eigenvalue weighted by Crippen LogP contribution is -2.24. The number of hydrogen-bond donors (Lipinski definition) is 0. The number of likely N-dealkylation sites (tertiary alicyclic amines) is 1. The molecule has 1 saturated heterocycles. The van der Waals surface area contributed by atoms with Gasteiger partial charge in [-0.15, -0.1) is 0 Å². The fourth-order valence-electron chi connectivity index (χ4n) is 2.93. The van der Waals surface area contributed by atoms with E-state index in [1.165, 1.54) is 55.2 Å². The lowest BCUT2D eigenvalue weighted by atomic mass is 9.96. The molecule has 1 atom stereocenters. The molecule has 1 aliphatic heterocycles. The average molecular weight is 310 g/mol. The fourth-order valence-corrected chi connectivity index (χ4v) is 3.19. The summed E-state index contributed by atoms with van der Waals surface area (Å²) in [7, 11) is 0. The first kappa shape index (κ1) is 14.1. The predicted octanol–water partition coefficient (Wildman–Crippen LogP) is 4.85. The second kappa shape index (κ2) is 7.30. The van der Waals surface area contributed by atoms with Crippen molar-refractivity contribution in [2.24, 2.45) is 5.92 Å². The van der Waals surface area contributed by atoms with Crippen molar-refractivity contribution in [3.63, 3.8) is 0 Å². The highest BCUT2D eigenvalue weighted by molar-refractivity contribution is 9.10. The van der Waals surface area contributed by atoms with Gasteiger partial charge in [0.25, 0.3) is 0 Å². The summed E-state index contributed by atoms with van der Waals surface area (Å²) in [5.74, 6) is 0.977. The minimum atomic E-state index is 0.977. The van der Waals surface area contributed by atoms with E-state index in [9.17, 15) is 0 Å². The summed E-state index contributed by atoms with van der Waals surface area (Å²) in [4.78, 5) is 2.62. The molecule has 2 rings (SSSR count). The second-order valence-corrected chi connectivity index (χ2v) is 6.40. The van der Waals surface area contributed by atoms with Crippen molar-refractivity contribution in [3.8, 4) is 0 Å². The summed E-state index contributed by atoms with van der Waals surface area (Å²) >= 11 is 3.49. The van der Waals surface area contributed by atoms with Crippen molar-refractivity contribution in [2.75, 3.05) is 13.1 Å². The van der Waals surface area contributed by atoms with E-state index in [-0.39, 0.29) is 0 Å². The van der Waals surface area contributed by atoms with E-state index in [2.05, 4.69) is 52.0 Å². The van der Waals surface area contributed by atoms with Crippen LogP contribution in [-0.4, -0.2) is 18.0 Å². The Balaban J connectivity index is 1.84. The van der Waals surface area contributed by atoms with E-state index in [4.69, 9.17) is 0 Å². The molecule has 0 bridgehead atoms. The van der Waals surface area contributed by atoms with Gasteiger partial charge in [-0.25, -0.2) is 0 Å². The molecule has 1 nitrogen and oxygen atoms in total. The molecule has 2 heteroatoms. The first-order valence-corrected chi connectivity index (χ1v) is 8.04. The molecule has 1 fully saturated rings. The highest BCUT2D eigenvalue weighted by atomic mass is 79.9. The monoisotopic (exact) mass is 309 g/mol. The van der Waals surface area contributed by atoms with Crippen LogP contribution in [0.2, 0.25) is 0 Å². The van der Waals surface area contributed by atoms with Gasteiger partial charge in [-0.3, -0.25) is 4.90 Å². The van der Waals surface area contributed by atoms with Crippen LogP contribution in [0.5, 0.6) is 0 Å². The van der Waals surface area contributed by atoms with Crippen molar-refractivity contribution in [1.82, 2.24) is 4.90 Å². The van der Waals surface area contributed by atoms with Gasteiger partial charge >= 0.3 is 0 Å². The second-order valence-electron chi connectivity index (χ2n) is 5.49. The lowest BCUT2D eigenvalue weighted by molar-refractivity contribution is 0.271. The molecule has 1 unspecified atom stereocenters. The third-order valence-corrected chi connectivity index (χ3v) is 4.49. The van der Waals surface area contributed by atoms with Crippen LogP contribution < -0.4 is 0 Å². The van der Waals surface area contributed by atoms with Crippen LogP contribution in [0.25, 0.3) is 0 Å². The van der Waals surface area contributed by atoms with Gasteiger partial charge in [0.1, 0.15) is 0 Å². The number of halogens is 1. The molecular formula is C16H24BrN. The van der Waals surface area contributed by atoms with Gasteiger partial charge in [-0.05, 0) is 56.0 Å². The van der Waals surface area contributed by atoms with Crippen LogP contribution in [0, 0.1) is 5.92 Å². The van der Waals surface area contributed by atoms with Gasteiger partial charge in [0.15, 0.2) is 0 Å². The highest BCUT2D eigenvalue weighted by Crippen LogP contribution is 2.23. The molecule has 100 valence electrons. The molecule has 0 aliphatic carbocycles. The van der Waals surface area contributed by atoms with E-state index < -0.39 is 0 Å². The normalized spacial score (nSPS) is 21.8. The van der Waals surface area contributed by atoms with E-state index in [0.717, 1.165) is 12.5 Å². The molecule has 0 radical (unpaired) electrons. The van der Waals surface area contributed by atoms with E-state index >= 15 is 0 Å². The molecule has 1 aromatic rings. The first-order chi connectivity index (χ1) is 8.78. The van der Waals surface area contributed by atoms with Crippen molar-refractivity contribution in [2.45, 2.75) is 45.6 Å². The molecule has 0 aromatic heterocycles. The van der Waals surface area contributed by atoms with Crippen LogP contribution in [-0.2, 0) is 6.54 Å². The molecule has 0 N–H and O–H groups in total. The number of nitrogens with zero attached hydrogens (tertiary/aromatic N) is 1.